The maximum Gasteiger partial charge on any atom is 0.143 e. The maximum absolute atomic E-state index is 10.7. The highest BCUT2D eigenvalue weighted by Gasteiger charge is 2.51. The molecule has 2 heteroatoms. The molecule has 1 aromatic heterocycles. The van der Waals surface area contributed by atoms with E-state index in [1.807, 2.05) is 0 Å². The first-order valence-electron chi connectivity index (χ1n) is 36.6. The molecule has 0 bridgehead atoms. The Morgan fingerprint density at radius 2 is 0.885 bits per heavy atom. The van der Waals surface area contributed by atoms with Gasteiger partial charge in [0.15, 0.2) is 0 Å². The summed E-state index contributed by atoms with van der Waals surface area (Å²) < 4.78 is 351. The third-order valence-corrected chi connectivity index (χ3v) is 10.6. The van der Waals surface area contributed by atoms with Crippen LogP contribution >= 0.6 is 0 Å². The van der Waals surface area contributed by atoms with Gasteiger partial charge in [-0.15, -0.1) is 0 Å². The molecule has 10 aromatic carbocycles. The number of nitrogens with zero attached hydrogens (tertiary/aromatic N) is 1. The molecule has 1 spiro atoms. The molecule has 0 radical (unpaired) electrons. The van der Waals surface area contributed by atoms with Crippen LogP contribution in [0.3, 0.4) is 0 Å². The van der Waals surface area contributed by atoms with Crippen LogP contribution in [0, 0.1) is 0 Å². The lowest BCUT2D eigenvalue weighted by molar-refractivity contribution is 0.672. The van der Waals surface area contributed by atoms with E-state index in [9.17, 15) is 26.0 Å². The van der Waals surface area contributed by atoms with Crippen LogP contribution in [0.4, 0.5) is 17.1 Å². The zero-order chi connectivity index (χ0) is 72.3. The van der Waals surface area contributed by atoms with Crippen LogP contribution in [0.1, 0.15) is 73.0 Å². The summed E-state index contributed by atoms with van der Waals surface area (Å²) in [6.45, 7) is 0. The number of fused-ring (bicyclic) bond motifs is 15. The number of benzene rings is 10. The molecule has 0 saturated heterocycles. The zero-order valence-electron chi connectivity index (χ0n) is 67.4. The Balaban J connectivity index is 1.32. The van der Waals surface area contributed by atoms with Crippen molar-refractivity contribution in [2.45, 2.75) is 5.41 Å². The minimum absolute atomic E-state index is 0.339. The van der Waals surface area contributed by atoms with Crippen LogP contribution in [-0.2, 0) is 5.41 Å². The van der Waals surface area contributed by atoms with Gasteiger partial charge in [-0.3, -0.25) is 0 Å². The van der Waals surface area contributed by atoms with Gasteiger partial charge in [0.1, 0.15) is 11.2 Å². The van der Waals surface area contributed by atoms with Gasteiger partial charge >= 0.3 is 0 Å². The van der Waals surface area contributed by atoms with Crippen molar-refractivity contribution in [3.63, 3.8) is 0 Å². The lowest BCUT2D eigenvalue weighted by Crippen LogP contribution is -2.25. The quantitative estimate of drug-likeness (QED) is 0.172. The molecular formula is C59H37NO. The minimum atomic E-state index is -3.02. The van der Waals surface area contributed by atoms with Gasteiger partial charge in [0.05, 0.1) is 67.2 Å². The van der Waals surface area contributed by atoms with E-state index in [-0.39, 0.29) is 0 Å². The van der Waals surface area contributed by atoms with Crippen molar-refractivity contribution >= 4 is 49.8 Å². The second-order valence-corrected chi connectivity index (χ2v) is 13.5. The molecule has 11 aromatic rings. The van der Waals surface area contributed by atoms with Gasteiger partial charge in [-0.05, 0) is 114 Å². The summed E-state index contributed by atoms with van der Waals surface area (Å²) in [7, 11) is 0. The lowest BCUT2D eigenvalue weighted by atomic mass is 9.70. The van der Waals surface area contributed by atoms with Gasteiger partial charge in [-0.1, -0.05) is 181 Å². The third kappa shape index (κ3) is 4.79. The summed E-state index contributed by atoms with van der Waals surface area (Å²) in [5, 5.41) is -3.28. The average molecular weight is 813 g/mol. The fraction of sp³-hybridized carbons (Fsp3) is 0.0169. The number of furan rings is 1. The summed E-state index contributed by atoms with van der Waals surface area (Å²) >= 11 is 0. The van der Waals surface area contributed by atoms with Crippen molar-refractivity contribution in [2.24, 2.45) is 0 Å². The predicted octanol–water partition coefficient (Wildman–Crippen LogP) is 15.9. The van der Waals surface area contributed by atoms with Crippen LogP contribution in [0.2, 0.25) is 0 Å². The van der Waals surface area contributed by atoms with E-state index in [4.69, 9.17) is 29.1 Å². The molecule has 2 nitrogen and oxygen atoms in total. The van der Waals surface area contributed by atoms with Crippen molar-refractivity contribution in [3.05, 3.63) is 246 Å². The molecule has 1 heterocycles. The van der Waals surface area contributed by atoms with Crippen molar-refractivity contribution in [1.29, 1.82) is 0 Å². The molecule has 2 aliphatic carbocycles. The van der Waals surface area contributed by atoms with Crippen LogP contribution in [0.5, 0.6) is 0 Å². The summed E-state index contributed by atoms with van der Waals surface area (Å²) in [5.74, 6) is 0. The molecule has 0 amide bonds. The van der Waals surface area contributed by atoms with E-state index in [0.717, 1.165) is 0 Å². The van der Waals surface area contributed by atoms with Gasteiger partial charge in [0, 0.05) is 22.1 Å². The third-order valence-electron chi connectivity index (χ3n) is 10.6. The number of rotatable bonds is 5. The summed E-state index contributed by atoms with van der Waals surface area (Å²) in [6.07, 6.45) is 0. The van der Waals surface area contributed by atoms with Crippen molar-refractivity contribution in [3.8, 4) is 44.5 Å². The van der Waals surface area contributed by atoms with Crippen LogP contribution < -0.4 is 4.90 Å². The first-order chi connectivity index (χ1) is 45.7. The Morgan fingerprint density at radius 3 is 1.56 bits per heavy atom. The lowest BCUT2D eigenvalue weighted by Gasteiger charge is -2.31. The monoisotopic (exact) mass is 813 g/mol. The smallest absolute Gasteiger partial charge is 0.143 e. The van der Waals surface area contributed by atoms with Gasteiger partial charge in [-0.25, -0.2) is 0 Å². The molecule has 13 rings (SSSR count). The maximum atomic E-state index is 10.7. The molecule has 284 valence electrons. The van der Waals surface area contributed by atoms with E-state index < -0.39 is 346 Å². The number of hydrogen-bond acceptors (Lipinski definition) is 2. The molecular weight excluding hydrogens is 739 g/mol. The normalized spacial score (nSPS) is 21.5. The van der Waals surface area contributed by atoms with Crippen LogP contribution in [-0.4, -0.2) is 0 Å². The highest BCUT2D eigenvalue weighted by atomic mass is 16.3. The topological polar surface area (TPSA) is 16.4 Å². The van der Waals surface area contributed by atoms with Gasteiger partial charge in [0.2, 0.25) is 0 Å². The van der Waals surface area contributed by atoms with Crippen molar-refractivity contribution < 1.29 is 55.1 Å². The van der Waals surface area contributed by atoms with Gasteiger partial charge in [-0.2, -0.15) is 0 Å². The van der Waals surface area contributed by atoms with E-state index in [1.165, 1.54) is 0 Å². The fourth-order valence-electron chi connectivity index (χ4n) is 8.16. The first kappa shape index (κ1) is 13.8. The van der Waals surface area contributed by atoms with Gasteiger partial charge < -0.3 is 9.32 Å². The van der Waals surface area contributed by atoms with E-state index in [1.54, 1.807) is 0 Å². The highest BCUT2D eigenvalue weighted by molar-refractivity contribution is 6.22. The van der Waals surface area contributed by atoms with E-state index in [2.05, 4.69) is 0 Å². The number of anilines is 3. The predicted molar refractivity (Wildman–Crippen MR) is 253 cm³/mol. The Labute approximate surface area is 406 Å². The van der Waals surface area contributed by atoms with Crippen LogP contribution in [0.15, 0.2) is 228 Å². The summed E-state index contributed by atoms with van der Waals surface area (Å²) in [5.41, 5.74) is -18.6. The van der Waals surface area contributed by atoms with Gasteiger partial charge in [0.25, 0.3) is 0 Å². The Bertz CT molecular complexity index is 5580. The molecule has 0 aliphatic heterocycles. The summed E-state index contributed by atoms with van der Waals surface area (Å²) in [4.78, 5) is 0.339. The molecule has 61 heavy (non-hydrogen) atoms. The second kappa shape index (κ2) is 13.0. The second-order valence-electron chi connectivity index (χ2n) is 13.5. The molecule has 0 atom stereocenters. The highest BCUT2D eigenvalue weighted by Crippen LogP contribution is 2.63. The molecule has 0 saturated carbocycles. The molecule has 0 unspecified atom stereocenters. The Hall–Kier alpha value is -7.94. The molecule has 0 N–H and O–H groups in total. The molecule has 0 fully saturated rings. The van der Waals surface area contributed by atoms with E-state index in [0.29, 0.717) is 4.90 Å². The van der Waals surface area contributed by atoms with Crippen molar-refractivity contribution in [1.82, 2.24) is 0 Å². The Morgan fingerprint density at radius 1 is 0.361 bits per heavy atom. The first-order valence-corrected chi connectivity index (χ1v) is 18.1. The number of hydrogen-bond donors (Lipinski definition) is 0. The Kier molecular flexibility index (Phi) is 2.95. The minimum Gasteiger partial charge on any atom is -0.455 e. The fourth-order valence-corrected chi connectivity index (χ4v) is 8.16. The van der Waals surface area contributed by atoms with E-state index >= 15 is 0 Å². The van der Waals surface area contributed by atoms with Crippen molar-refractivity contribution in [2.75, 3.05) is 4.90 Å². The average Bonchev–Trinajstić information content (AvgIpc) is 1.47. The zero-order valence-corrected chi connectivity index (χ0v) is 30.4. The largest absolute Gasteiger partial charge is 0.455 e. The molecule has 2 aliphatic rings. The SMILES string of the molecule is [2H]c1c([2H])c([2H])c(-c2c([2H])c([2H])c(N(c3c([2H])c([2H])c4c(c3[2H])-c3c([2H])c([2H])c([2H])c([2H])c3C43c4c([2H])c([2H])c([2H])c([2H])c4-c4c([2H])c([2H])c([2H])c([2H])c43)c3c([2H])c([2H])c([2H])c4oc5c6c([2H])c([2H])c([2H])c([2H])c6c(-c6c([2H])c([2H])c([2H])c([2H])c6[2H])c([2H])c5c34)c([2H])c2[2H])c([2H])c1[2H]. The standard InChI is InChI=1S/C59H37NO/c1-3-16-38(17-4-1)39-30-32-41(33-31-39)60(55-28-15-29-56-57(55)50-37-48(40-18-5-2-6-19-40)43-20-7-8-24-47(43)58(50)61-56)42-34-35-54-49(36-42)46-23-11-14-27-53(46)59(54)51-25-12-9-21-44(51)45-22-10-13-26-52(45)59/h1-37H/i1D,2D,3D,4D,5D,6D,7D,8D,9D,10D,11D,12D,13D,14D,15D,16D,17D,18D,19D,20D,21D,22D,23D,24D,25D,26D,27D,28D,29D,30D,31D,32D,33D,34D,35D,36D,37D. The summed E-state index contributed by atoms with van der Waals surface area (Å²) in [6, 6.07) is -41.0. The van der Waals surface area contributed by atoms with Crippen LogP contribution in [0.25, 0.3) is 77.2 Å².